The summed E-state index contributed by atoms with van der Waals surface area (Å²) < 4.78 is 15.9. The second-order valence-electron chi connectivity index (χ2n) is 5.44. The molecule has 6 heteroatoms. The topological polar surface area (TPSA) is 56.8 Å². The molecule has 0 spiro atoms. The maximum Gasteiger partial charge on any atom is 0.244 e. The highest BCUT2D eigenvalue weighted by molar-refractivity contribution is 6.31. The molecule has 0 aromatic heterocycles. The summed E-state index contributed by atoms with van der Waals surface area (Å²) in [6.45, 7) is 0.315. The smallest absolute Gasteiger partial charge is 0.244 e. The van der Waals surface area contributed by atoms with Gasteiger partial charge in [0.1, 0.15) is 6.10 Å². The second-order valence-corrected chi connectivity index (χ2v) is 5.85. The summed E-state index contributed by atoms with van der Waals surface area (Å²) in [7, 11) is 4.73. The molecule has 0 heterocycles. The molecule has 1 atom stereocenters. The Morgan fingerprint density at radius 1 is 1.12 bits per heavy atom. The fraction of sp³-hybridized carbons (Fsp3) is 0.250. The first-order chi connectivity index (χ1) is 12.6. The highest BCUT2D eigenvalue weighted by atomic mass is 35.5. The largest absolute Gasteiger partial charge is 0.493 e. The third-order valence-electron chi connectivity index (χ3n) is 3.83. The highest BCUT2D eigenvalue weighted by Crippen LogP contribution is 2.28. The van der Waals surface area contributed by atoms with Gasteiger partial charge in [-0.15, -0.1) is 0 Å². The third kappa shape index (κ3) is 5.25. The van der Waals surface area contributed by atoms with Gasteiger partial charge in [0.05, 0.1) is 14.2 Å². The van der Waals surface area contributed by atoms with Gasteiger partial charge in [-0.2, -0.15) is 0 Å². The van der Waals surface area contributed by atoms with Gasteiger partial charge in [0.15, 0.2) is 11.5 Å². The molecule has 0 aliphatic heterocycles. The van der Waals surface area contributed by atoms with Crippen LogP contribution in [0, 0.1) is 0 Å². The predicted octanol–water partition coefficient (Wildman–Crippen LogP) is 3.87. The summed E-state index contributed by atoms with van der Waals surface area (Å²) in [5.41, 5.74) is 1.66. The summed E-state index contributed by atoms with van der Waals surface area (Å²) in [6, 6.07) is 12.8. The number of ether oxygens (including phenoxy) is 3. The van der Waals surface area contributed by atoms with Crippen molar-refractivity contribution in [1.29, 1.82) is 0 Å². The first kappa shape index (κ1) is 19.8. The molecule has 0 aliphatic rings. The van der Waals surface area contributed by atoms with Gasteiger partial charge in [-0.3, -0.25) is 4.79 Å². The van der Waals surface area contributed by atoms with Crippen molar-refractivity contribution in [2.45, 2.75) is 6.10 Å². The van der Waals surface area contributed by atoms with Crippen LogP contribution in [-0.2, 0) is 9.53 Å². The van der Waals surface area contributed by atoms with Crippen LogP contribution in [0.5, 0.6) is 11.5 Å². The normalized spacial score (nSPS) is 12.0. The van der Waals surface area contributed by atoms with E-state index in [0.29, 0.717) is 23.1 Å². The van der Waals surface area contributed by atoms with Gasteiger partial charge in [0, 0.05) is 30.3 Å². The van der Waals surface area contributed by atoms with Crippen LogP contribution in [0.3, 0.4) is 0 Å². The monoisotopic (exact) mass is 375 g/mol. The Labute approximate surface area is 158 Å². The minimum Gasteiger partial charge on any atom is -0.493 e. The lowest BCUT2D eigenvalue weighted by Crippen LogP contribution is -2.27. The fourth-order valence-corrected chi connectivity index (χ4v) is 2.69. The van der Waals surface area contributed by atoms with E-state index >= 15 is 0 Å². The van der Waals surface area contributed by atoms with Crippen molar-refractivity contribution in [3.63, 3.8) is 0 Å². The number of carbonyl (C=O) groups excluding carboxylic acids is 1. The standard InChI is InChI=1S/C20H22ClNO4/c1-24-17-10-8-14(12-18(17)25-2)9-11-20(23)22-13-19(26-3)15-6-4-5-7-16(15)21/h4-12,19H,13H2,1-3H3,(H,22,23)/b11-9+. The molecule has 1 unspecified atom stereocenters. The van der Waals surface area contributed by atoms with Crippen LogP contribution < -0.4 is 14.8 Å². The molecule has 0 saturated carbocycles. The molecule has 138 valence electrons. The van der Waals surface area contributed by atoms with E-state index in [1.54, 1.807) is 45.6 Å². The van der Waals surface area contributed by atoms with Crippen LogP contribution in [-0.4, -0.2) is 33.8 Å². The molecule has 2 aromatic rings. The number of rotatable bonds is 8. The Hall–Kier alpha value is -2.50. The first-order valence-corrected chi connectivity index (χ1v) is 8.42. The number of nitrogens with one attached hydrogen (secondary N) is 1. The zero-order valence-electron chi connectivity index (χ0n) is 15.0. The number of hydrogen-bond donors (Lipinski definition) is 1. The molecule has 1 amide bonds. The number of amides is 1. The molecule has 1 N–H and O–H groups in total. The van der Waals surface area contributed by atoms with Gasteiger partial charge in [-0.1, -0.05) is 35.9 Å². The maximum atomic E-state index is 12.1. The fourth-order valence-electron chi connectivity index (χ4n) is 2.44. The quantitative estimate of drug-likeness (QED) is 0.711. The van der Waals surface area contributed by atoms with Crippen LogP contribution in [0.4, 0.5) is 0 Å². The van der Waals surface area contributed by atoms with E-state index < -0.39 is 0 Å². The summed E-state index contributed by atoms with van der Waals surface area (Å²) >= 11 is 6.18. The zero-order chi connectivity index (χ0) is 18.9. The number of hydrogen-bond acceptors (Lipinski definition) is 4. The van der Waals surface area contributed by atoms with Crippen LogP contribution in [0.2, 0.25) is 5.02 Å². The van der Waals surface area contributed by atoms with Crippen LogP contribution >= 0.6 is 11.6 Å². The Kier molecular flexibility index (Phi) is 7.51. The second kappa shape index (κ2) is 9.85. The van der Waals surface area contributed by atoms with Crippen molar-refractivity contribution < 1.29 is 19.0 Å². The maximum absolute atomic E-state index is 12.1. The molecule has 26 heavy (non-hydrogen) atoms. The number of carbonyl (C=O) groups is 1. The average molecular weight is 376 g/mol. The van der Waals surface area contributed by atoms with Crippen molar-refractivity contribution in [3.05, 3.63) is 64.7 Å². The van der Waals surface area contributed by atoms with E-state index in [9.17, 15) is 4.79 Å². The molecule has 2 rings (SSSR count). The van der Waals surface area contributed by atoms with Gasteiger partial charge in [0.2, 0.25) is 5.91 Å². The minimum absolute atomic E-state index is 0.228. The van der Waals surface area contributed by atoms with Crippen LogP contribution in [0.25, 0.3) is 6.08 Å². The molecule has 0 aliphatic carbocycles. The molecule has 0 radical (unpaired) electrons. The van der Waals surface area contributed by atoms with Crippen molar-refractivity contribution >= 4 is 23.6 Å². The molecule has 0 fully saturated rings. The van der Waals surface area contributed by atoms with E-state index in [2.05, 4.69) is 5.32 Å². The molecular formula is C20H22ClNO4. The Balaban J connectivity index is 1.97. The molecule has 5 nitrogen and oxygen atoms in total. The third-order valence-corrected chi connectivity index (χ3v) is 4.18. The van der Waals surface area contributed by atoms with Crippen LogP contribution in [0.1, 0.15) is 17.2 Å². The van der Waals surface area contributed by atoms with E-state index in [4.69, 9.17) is 25.8 Å². The van der Waals surface area contributed by atoms with E-state index in [1.807, 2.05) is 24.3 Å². The van der Waals surface area contributed by atoms with E-state index in [1.165, 1.54) is 6.08 Å². The lowest BCUT2D eigenvalue weighted by molar-refractivity contribution is -0.117. The van der Waals surface area contributed by atoms with Crippen molar-refractivity contribution in [3.8, 4) is 11.5 Å². The van der Waals surface area contributed by atoms with Gasteiger partial charge >= 0.3 is 0 Å². The predicted molar refractivity (Wildman–Crippen MR) is 103 cm³/mol. The lowest BCUT2D eigenvalue weighted by atomic mass is 10.1. The Morgan fingerprint density at radius 2 is 1.85 bits per heavy atom. The van der Waals surface area contributed by atoms with Gasteiger partial charge < -0.3 is 19.5 Å². The zero-order valence-corrected chi connectivity index (χ0v) is 15.7. The number of methoxy groups -OCH3 is 3. The number of benzene rings is 2. The van der Waals surface area contributed by atoms with E-state index in [-0.39, 0.29) is 12.0 Å². The molecule has 2 aromatic carbocycles. The van der Waals surface area contributed by atoms with Crippen LogP contribution in [0.15, 0.2) is 48.5 Å². The lowest BCUT2D eigenvalue weighted by Gasteiger charge is -2.17. The minimum atomic E-state index is -0.317. The average Bonchev–Trinajstić information content (AvgIpc) is 2.67. The molecule has 0 saturated heterocycles. The summed E-state index contributed by atoms with van der Waals surface area (Å²) in [5.74, 6) is 1.01. The highest BCUT2D eigenvalue weighted by Gasteiger charge is 2.14. The summed E-state index contributed by atoms with van der Waals surface area (Å²) in [4.78, 5) is 12.1. The van der Waals surface area contributed by atoms with E-state index in [0.717, 1.165) is 11.1 Å². The first-order valence-electron chi connectivity index (χ1n) is 8.04. The summed E-state index contributed by atoms with van der Waals surface area (Å²) in [5, 5.41) is 3.42. The molecular weight excluding hydrogens is 354 g/mol. The van der Waals surface area contributed by atoms with Crippen molar-refractivity contribution in [2.24, 2.45) is 0 Å². The van der Waals surface area contributed by atoms with Gasteiger partial charge in [0.25, 0.3) is 0 Å². The van der Waals surface area contributed by atoms with Gasteiger partial charge in [-0.05, 0) is 29.8 Å². The van der Waals surface area contributed by atoms with Crippen molar-refractivity contribution in [1.82, 2.24) is 5.32 Å². The number of halogens is 1. The molecule has 0 bridgehead atoms. The Bertz CT molecular complexity index is 776. The summed E-state index contributed by atoms with van der Waals surface area (Å²) in [6.07, 6.45) is 2.84. The van der Waals surface area contributed by atoms with Gasteiger partial charge in [-0.25, -0.2) is 0 Å². The van der Waals surface area contributed by atoms with Crippen molar-refractivity contribution in [2.75, 3.05) is 27.9 Å². The Morgan fingerprint density at radius 3 is 2.50 bits per heavy atom. The SMILES string of the molecule is COc1ccc(/C=C/C(=O)NCC(OC)c2ccccc2Cl)cc1OC.